The van der Waals surface area contributed by atoms with Crippen LogP contribution < -0.4 is 10.6 Å². The van der Waals surface area contributed by atoms with Crippen molar-refractivity contribution in [2.24, 2.45) is 5.41 Å². The Kier molecular flexibility index (Phi) is 6.80. The predicted molar refractivity (Wildman–Crippen MR) is 136 cm³/mol. The number of amides is 2. The van der Waals surface area contributed by atoms with Crippen LogP contribution in [-0.2, 0) is 11.2 Å². The highest BCUT2D eigenvalue weighted by Crippen LogP contribution is 2.42. The van der Waals surface area contributed by atoms with E-state index in [1.165, 1.54) is 0 Å². The molecule has 0 aliphatic heterocycles. The number of anilines is 1. The molecular weight excluding hydrogens is 426 g/mol. The van der Waals surface area contributed by atoms with Gasteiger partial charge in [0, 0.05) is 22.3 Å². The molecular formula is C28H35N3O3. The van der Waals surface area contributed by atoms with Crippen LogP contribution in [0.25, 0.3) is 10.8 Å². The molecule has 0 spiro atoms. The minimum absolute atomic E-state index is 0.0422. The first-order valence-corrected chi connectivity index (χ1v) is 12.2. The van der Waals surface area contributed by atoms with E-state index in [9.17, 15) is 14.7 Å². The van der Waals surface area contributed by atoms with Crippen LogP contribution in [0, 0.1) is 12.3 Å². The van der Waals surface area contributed by atoms with Gasteiger partial charge in [-0.05, 0) is 48.6 Å². The van der Waals surface area contributed by atoms with Crippen molar-refractivity contribution in [2.75, 3.05) is 5.32 Å². The predicted octanol–water partition coefficient (Wildman–Crippen LogP) is 5.41. The third kappa shape index (κ3) is 4.87. The van der Waals surface area contributed by atoms with Crippen LogP contribution in [-0.4, -0.2) is 27.9 Å². The highest BCUT2D eigenvalue weighted by molar-refractivity contribution is 6.05. The summed E-state index contributed by atoms with van der Waals surface area (Å²) in [4.78, 5) is 29.8. The van der Waals surface area contributed by atoms with Crippen molar-refractivity contribution in [2.45, 2.75) is 71.9 Å². The molecule has 6 nitrogen and oxygen atoms in total. The first kappa shape index (κ1) is 24.0. The summed E-state index contributed by atoms with van der Waals surface area (Å²) in [6.45, 7) is 8.16. The first-order valence-electron chi connectivity index (χ1n) is 12.2. The molecule has 180 valence electrons. The molecule has 2 aromatic carbocycles. The lowest BCUT2D eigenvalue weighted by Gasteiger charge is -2.33. The van der Waals surface area contributed by atoms with Gasteiger partial charge in [-0.2, -0.15) is 0 Å². The maximum absolute atomic E-state index is 13.3. The van der Waals surface area contributed by atoms with E-state index < -0.39 is 12.1 Å². The third-order valence-electron chi connectivity index (χ3n) is 6.86. The summed E-state index contributed by atoms with van der Waals surface area (Å²) in [5.41, 5.74) is 3.63. The number of aromatic amines is 1. The number of carbonyl (C=O) groups is 2. The lowest BCUT2D eigenvalue weighted by atomic mass is 9.75. The molecule has 2 unspecified atom stereocenters. The number of hydrogen-bond acceptors (Lipinski definition) is 3. The van der Waals surface area contributed by atoms with Gasteiger partial charge in [-0.15, -0.1) is 0 Å². The van der Waals surface area contributed by atoms with Gasteiger partial charge in [0.25, 0.3) is 5.91 Å². The molecule has 0 fully saturated rings. The normalized spacial score (nSPS) is 17.7. The molecule has 0 radical (unpaired) electrons. The van der Waals surface area contributed by atoms with Crippen LogP contribution in [0.5, 0.6) is 0 Å². The highest BCUT2D eigenvalue weighted by Gasteiger charge is 2.36. The van der Waals surface area contributed by atoms with E-state index in [1.807, 2.05) is 49.4 Å². The maximum atomic E-state index is 13.3. The summed E-state index contributed by atoms with van der Waals surface area (Å²) >= 11 is 0. The van der Waals surface area contributed by atoms with Gasteiger partial charge in [-0.1, -0.05) is 70.0 Å². The Balaban J connectivity index is 1.56. The fourth-order valence-corrected chi connectivity index (χ4v) is 5.13. The molecule has 6 heteroatoms. The number of hydrogen-bond donors (Lipinski definition) is 4. The second-order valence-electron chi connectivity index (χ2n) is 10.3. The summed E-state index contributed by atoms with van der Waals surface area (Å²) in [7, 11) is 0. The number of carbonyl (C=O) groups excluding carboxylic acids is 2. The van der Waals surface area contributed by atoms with Crippen molar-refractivity contribution in [1.82, 2.24) is 10.3 Å². The standard InChI is InChI=1S/C28H35N3O3/c1-5-6-13-21(26(33)30-20-14-9-11-18-10-7-8-12-19(18)20)31-27(34)25-17(2)24-22(29-25)15-28(3,4)16-23(24)32/h7-12,14,21,23,29,32H,5-6,13,15-16H2,1-4H3,(H,30,33)(H,31,34). The third-order valence-corrected chi connectivity index (χ3v) is 6.86. The minimum atomic E-state index is -0.660. The van der Waals surface area contributed by atoms with Gasteiger partial charge < -0.3 is 20.7 Å². The number of fused-ring (bicyclic) bond motifs is 2. The smallest absolute Gasteiger partial charge is 0.268 e. The molecule has 4 rings (SSSR count). The number of aliphatic hydroxyl groups is 1. The molecule has 34 heavy (non-hydrogen) atoms. The van der Waals surface area contributed by atoms with Gasteiger partial charge in [-0.3, -0.25) is 9.59 Å². The number of nitrogens with one attached hydrogen (secondary N) is 3. The summed E-state index contributed by atoms with van der Waals surface area (Å²) < 4.78 is 0. The van der Waals surface area contributed by atoms with E-state index >= 15 is 0 Å². The Bertz CT molecular complexity index is 1210. The van der Waals surface area contributed by atoms with E-state index in [2.05, 4.69) is 36.4 Å². The van der Waals surface area contributed by atoms with Crippen molar-refractivity contribution in [3.63, 3.8) is 0 Å². The summed E-state index contributed by atoms with van der Waals surface area (Å²) in [5.74, 6) is -0.542. The summed E-state index contributed by atoms with van der Waals surface area (Å²) in [6, 6.07) is 13.0. The second kappa shape index (κ2) is 9.63. The lowest BCUT2D eigenvalue weighted by molar-refractivity contribution is -0.118. The fourth-order valence-electron chi connectivity index (χ4n) is 5.13. The molecule has 1 aromatic heterocycles. The molecule has 3 aromatic rings. The Labute approximate surface area is 201 Å². The first-order chi connectivity index (χ1) is 16.2. The number of unbranched alkanes of at least 4 members (excludes halogenated alkanes) is 1. The number of benzene rings is 2. The fraction of sp³-hybridized carbons (Fsp3) is 0.429. The van der Waals surface area contributed by atoms with E-state index in [0.29, 0.717) is 18.5 Å². The topological polar surface area (TPSA) is 94.2 Å². The van der Waals surface area contributed by atoms with Crippen LogP contribution in [0.2, 0.25) is 0 Å². The van der Waals surface area contributed by atoms with Gasteiger partial charge in [0.2, 0.25) is 5.91 Å². The van der Waals surface area contributed by atoms with Gasteiger partial charge in [0.15, 0.2) is 0 Å². The molecule has 2 atom stereocenters. The molecule has 4 N–H and O–H groups in total. The number of rotatable bonds is 7. The quantitative estimate of drug-likeness (QED) is 0.379. The highest BCUT2D eigenvalue weighted by atomic mass is 16.3. The molecule has 0 bridgehead atoms. The monoisotopic (exact) mass is 461 g/mol. The van der Waals surface area contributed by atoms with Crippen LogP contribution in [0.1, 0.15) is 79.9 Å². The van der Waals surface area contributed by atoms with Gasteiger partial charge >= 0.3 is 0 Å². The van der Waals surface area contributed by atoms with Crippen molar-refractivity contribution in [3.05, 3.63) is 65.0 Å². The Morgan fingerprint density at radius 3 is 2.68 bits per heavy atom. The SMILES string of the molecule is CCCCC(NC(=O)c1[nH]c2c(c1C)C(O)CC(C)(C)C2)C(=O)Nc1cccc2ccccc12. The van der Waals surface area contributed by atoms with Gasteiger partial charge in [0.1, 0.15) is 11.7 Å². The van der Waals surface area contributed by atoms with Crippen LogP contribution >= 0.6 is 0 Å². The van der Waals surface area contributed by atoms with Crippen molar-refractivity contribution < 1.29 is 14.7 Å². The molecule has 2 amide bonds. The summed E-state index contributed by atoms with van der Waals surface area (Å²) in [5, 5.41) is 18.7. The number of H-pyrrole nitrogens is 1. The molecule has 0 saturated carbocycles. The second-order valence-corrected chi connectivity index (χ2v) is 10.3. The lowest BCUT2D eigenvalue weighted by Crippen LogP contribution is -2.44. The van der Waals surface area contributed by atoms with E-state index in [0.717, 1.165) is 52.5 Å². The van der Waals surface area contributed by atoms with Crippen LogP contribution in [0.3, 0.4) is 0 Å². The summed E-state index contributed by atoms with van der Waals surface area (Å²) in [6.07, 6.45) is 3.13. The van der Waals surface area contributed by atoms with Crippen LogP contribution in [0.15, 0.2) is 42.5 Å². The average molecular weight is 462 g/mol. The minimum Gasteiger partial charge on any atom is -0.388 e. The van der Waals surface area contributed by atoms with E-state index in [-0.39, 0.29) is 17.2 Å². The van der Waals surface area contributed by atoms with Crippen LogP contribution in [0.4, 0.5) is 5.69 Å². The molecule has 1 heterocycles. The Morgan fingerprint density at radius 2 is 1.91 bits per heavy atom. The molecule has 1 aliphatic carbocycles. The van der Waals surface area contributed by atoms with Crippen molar-refractivity contribution >= 4 is 28.3 Å². The Morgan fingerprint density at radius 1 is 1.18 bits per heavy atom. The van der Waals surface area contributed by atoms with E-state index in [1.54, 1.807) is 0 Å². The van der Waals surface area contributed by atoms with E-state index in [4.69, 9.17) is 0 Å². The number of aromatic nitrogens is 1. The number of aliphatic hydroxyl groups excluding tert-OH is 1. The zero-order valence-electron chi connectivity index (χ0n) is 20.5. The van der Waals surface area contributed by atoms with Crippen molar-refractivity contribution in [3.8, 4) is 0 Å². The maximum Gasteiger partial charge on any atom is 0.268 e. The Hall–Kier alpha value is -3.12. The van der Waals surface area contributed by atoms with Gasteiger partial charge in [-0.25, -0.2) is 0 Å². The average Bonchev–Trinajstić information content (AvgIpc) is 3.11. The molecule has 0 saturated heterocycles. The van der Waals surface area contributed by atoms with Crippen molar-refractivity contribution in [1.29, 1.82) is 0 Å². The zero-order valence-corrected chi connectivity index (χ0v) is 20.5. The molecule has 1 aliphatic rings. The largest absolute Gasteiger partial charge is 0.388 e. The zero-order chi connectivity index (χ0) is 24.5. The van der Waals surface area contributed by atoms with Gasteiger partial charge in [0.05, 0.1) is 6.10 Å².